The molecule has 0 fully saturated rings. The highest BCUT2D eigenvalue weighted by Gasteiger charge is 2.35. The molecular formula is C14H18F4O. The highest BCUT2D eigenvalue weighted by Crippen LogP contribution is 2.37. The summed E-state index contributed by atoms with van der Waals surface area (Å²) in [5.74, 6) is -0.780. The van der Waals surface area contributed by atoms with Gasteiger partial charge in [-0.3, -0.25) is 0 Å². The van der Waals surface area contributed by atoms with E-state index in [0.29, 0.717) is 12.5 Å². The molecule has 0 aliphatic heterocycles. The molecule has 0 amide bonds. The molecule has 0 aliphatic rings. The molecule has 0 saturated carbocycles. The number of hydrogen-bond donors (Lipinski definition) is 1. The third-order valence-electron chi connectivity index (χ3n) is 2.85. The summed E-state index contributed by atoms with van der Waals surface area (Å²) in [7, 11) is 0. The van der Waals surface area contributed by atoms with Crippen LogP contribution in [0.4, 0.5) is 17.6 Å². The van der Waals surface area contributed by atoms with Crippen molar-refractivity contribution in [2.45, 2.75) is 45.9 Å². The molecule has 0 radical (unpaired) electrons. The highest BCUT2D eigenvalue weighted by molar-refractivity contribution is 5.32. The number of hydrogen-bond acceptors (Lipinski definition) is 1. The van der Waals surface area contributed by atoms with Crippen LogP contribution in [0.1, 0.15) is 50.8 Å². The van der Waals surface area contributed by atoms with E-state index in [-0.39, 0.29) is 11.8 Å². The van der Waals surface area contributed by atoms with Crippen LogP contribution in [0.5, 0.6) is 0 Å². The van der Waals surface area contributed by atoms with Gasteiger partial charge in [0.2, 0.25) is 0 Å². The quantitative estimate of drug-likeness (QED) is 0.794. The molecule has 1 N–H and O–H groups in total. The number of benzene rings is 1. The molecule has 0 saturated heterocycles. The highest BCUT2D eigenvalue weighted by atomic mass is 19.4. The second-order valence-electron chi connectivity index (χ2n) is 5.84. The minimum Gasteiger partial charge on any atom is -0.388 e. The van der Waals surface area contributed by atoms with Gasteiger partial charge in [0.05, 0.1) is 11.7 Å². The lowest BCUT2D eigenvalue weighted by molar-refractivity contribution is -0.139. The SMILES string of the molecule is CC(C)(C)CCC(O)c1cc(F)ccc1C(F)(F)F. The maximum atomic E-state index is 13.1. The molecule has 0 heterocycles. The molecule has 1 nitrogen and oxygen atoms in total. The van der Waals surface area contributed by atoms with E-state index in [1.54, 1.807) is 0 Å². The summed E-state index contributed by atoms with van der Waals surface area (Å²) in [4.78, 5) is 0. The number of rotatable bonds is 3. The molecule has 1 rings (SSSR count). The van der Waals surface area contributed by atoms with E-state index < -0.39 is 29.2 Å². The average Bonchev–Trinajstić information content (AvgIpc) is 2.23. The van der Waals surface area contributed by atoms with Crippen LogP contribution >= 0.6 is 0 Å². The molecule has 1 aromatic rings. The summed E-state index contributed by atoms with van der Waals surface area (Å²) in [6.45, 7) is 5.78. The number of halogens is 4. The fourth-order valence-electron chi connectivity index (χ4n) is 1.79. The zero-order valence-electron chi connectivity index (χ0n) is 11.2. The predicted octanol–water partition coefficient (Wildman–Crippen LogP) is 4.70. The fourth-order valence-corrected chi connectivity index (χ4v) is 1.79. The first-order valence-electron chi connectivity index (χ1n) is 6.05. The zero-order chi connectivity index (χ0) is 14.8. The van der Waals surface area contributed by atoms with E-state index in [4.69, 9.17) is 0 Å². The third kappa shape index (κ3) is 4.82. The Balaban J connectivity index is 3.01. The van der Waals surface area contributed by atoms with Gasteiger partial charge in [0, 0.05) is 0 Å². The Morgan fingerprint density at radius 2 is 1.74 bits per heavy atom. The van der Waals surface area contributed by atoms with Gasteiger partial charge in [-0.15, -0.1) is 0 Å². The first-order chi connectivity index (χ1) is 8.50. The predicted molar refractivity (Wildman–Crippen MR) is 65.1 cm³/mol. The van der Waals surface area contributed by atoms with Crippen molar-refractivity contribution < 1.29 is 22.7 Å². The normalized spacial score (nSPS) is 14.5. The van der Waals surface area contributed by atoms with E-state index in [9.17, 15) is 22.7 Å². The van der Waals surface area contributed by atoms with Crippen LogP contribution in [0.2, 0.25) is 0 Å². The van der Waals surface area contributed by atoms with Crippen molar-refractivity contribution in [3.63, 3.8) is 0 Å². The molecule has 1 unspecified atom stereocenters. The number of aliphatic hydroxyl groups is 1. The van der Waals surface area contributed by atoms with Gasteiger partial charge in [-0.05, 0) is 42.0 Å². The summed E-state index contributed by atoms with van der Waals surface area (Å²) < 4.78 is 51.4. The Kier molecular flexibility index (Phi) is 4.61. The van der Waals surface area contributed by atoms with Crippen LogP contribution in [0.15, 0.2) is 18.2 Å². The number of aliphatic hydroxyl groups excluding tert-OH is 1. The maximum Gasteiger partial charge on any atom is 0.416 e. The van der Waals surface area contributed by atoms with Crippen molar-refractivity contribution in [3.05, 3.63) is 35.1 Å². The third-order valence-corrected chi connectivity index (χ3v) is 2.85. The summed E-state index contributed by atoms with van der Waals surface area (Å²) in [6.07, 6.45) is -5.20. The average molecular weight is 278 g/mol. The monoisotopic (exact) mass is 278 g/mol. The molecule has 0 spiro atoms. The second kappa shape index (κ2) is 5.49. The maximum absolute atomic E-state index is 13.1. The largest absolute Gasteiger partial charge is 0.416 e. The standard InChI is InChI=1S/C14H18F4O/c1-13(2,3)7-6-12(19)10-8-9(15)4-5-11(10)14(16,17)18/h4-5,8,12,19H,6-7H2,1-3H3. The van der Waals surface area contributed by atoms with Gasteiger partial charge < -0.3 is 5.11 Å². The van der Waals surface area contributed by atoms with Crippen molar-refractivity contribution in [2.24, 2.45) is 5.41 Å². The van der Waals surface area contributed by atoms with Crippen LogP contribution in [0.3, 0.4) is 0 Å². The van der Waals surface area contributed by atoms with Gasteiger partial charge in [-0.1, -0.05) is 20.8 Å². The molecule has 1 aromatic carbocycles. The van der Waals surface area contributed by atoms with Crippen LogP contribution in [0.25, 0.3) is 0 Å². The van der Waals surface area contributed by atoms with E-state index in [1.165, 1.54) is 0 Å². The molecule has 0 aliphatic carbocycles. The fraction of sp³-hybridized carbons (Fsp3) is 0.571. The lowest BCUT2D eigenvalue weighted by Crippen LogP contribution is -2.14. The Labute approximate surface area is 110 Å². The van der Waals surface area contributed by atoms with Gasteiger partial charge in [-0.2, -0.15) is 13.2 Å². The van der Waals surface area contributed by atoms with E-state index >= 15 is 0 Å². The van der Waals surface area contributed by atoms with Crippen molar-refractivity contribution in [2.75, 3.05) is 0 Å². The van der Waals surface area contributed by atoms with Crippen LogP contribution < -0.4 is 0 Å². The van der Waals surface area contributed by atoms with E-state index in [2.05, 4.69) is 0 Å². The van der Waals surface area contributed by atoms with Gasteiger partial charge >= 0.3 is 6.18 Å². The Morgan fingerprint density at radius 3 is 2.21 bits per heavy atom. The van der Waals surface area contributed by atoms with Crippen LogP contribution in [0, 0.1) is 11.2 Å². The van der Waals surface area contributed by atoms with Crippen molar-refractivity contribution in [1.82, 2.24) is 0 Å². The molecule has 0 aromatic heterocycles. The first kappa shape index (κ1) is 16.0. The summed E-state index contributed by atoms with van der Waals surface area (Å²) >= 11 is 0. The molecule has 19 heavy (non-hydrogen) atoms. The second-order valence-corrected chi connectivity index (χ2v) is 5.84. The summed E-state index contributed by atoms with van der Waals surface area (Å²) in [5.41, 5.74) is -1.47. The topological polar surface area (TPSA) is 20.2 Å². The molecule has 5 heteroatoms. The molecule has 1 atom stereocenters. The first-order valence-corrected chi connectivity index (χ1v) is 6.05. The number of alkyl halides is 3. The zero-order valence-corrected chi connectivity index (χ0v) is 11.2. The molecule has 0 bridgehead atoms. The van der Waals surface area contributed by atoms with Crippen molar-refractivity contribution in [1.29, 1.82) is 0 Å². The van der Waals surface area contributed by atoms with Gasteiger partial charge in [0.1, 0.15) is 5.82 Å². The molecular weight excluding hydrogens is 260 g/mol. The smallest absolute Gasteiger partial charge is 0.388 e. The van der Waals surface area contributed by atoms with E-state index in [1.807, 2.05) is 20.8 Å². The Bertz CT molecular complexity index is 432. The van der Waals surface area contributed by atoms with Gasteiger partial charge in [0.15, 0.2) is 0 Å². The lowest BCUT2D eigenvalue weighted by Gasteiger charge is -2.22. The molecule has 108 valence electrons. The minimum atomic E-state index is -4.59. The Morgan fingerprint density at radius 1 is 1.16 bits per heavy atom. The summed E-state index contributed by atoms with van der Waals surface area (Å²) in [6, 6.07) is 2.18. The van der Waals surface area contributed by atoms with Crippen LogP contribution in [-0.2, 0) is 6.18 Å². The van der Waals surface area contributed by atoms with Gasteiger partial charge in [0.25, 0.3) is 0 Å². The van der Waals surface area contributed by atoms with Crippen LogP contribution in [-0.4, -0.2) is 5.11 Å². The summed E-state index contributed by atoms with van der Waals surface area (Å²) in [5, 5.41) is 9.89. The lowest BCUT2D eigenvalue weighted by atomic mass is 9.87. The van der Waals surface area contributed by atoms with Crippen molar-refractivity contribution >= 4 is 0 Å². The van der Waals surface area contributed by atoms with Crippen molar-refractivity contribution in [3.8, 4) is 0 Å². The Hall–Kier alpha value is -1.10. The van der Waals surface area contributed by atoms with E-state index in [0.717, 1.165) is 12.1 Å². The minimum absolute atomic E-state index is 0.104. The van der Waals surface area contributed by atoms with Gasteiger partial charge in [-0.25, -0.2) is 4.39 Å².